The maximum Gasteiger partial charge on any atom is 0.242 e. The Morgan fingerprint density at radius 3 is 1.53 bits per heavy atom. The molecule has 108 valence electrons. The van der Waals surface area contributed by atoms with Crippen molar-refractivity contribution in [3.63, 3.8) is 0 Å². The minimum Gasteiger partial charge on any atom is -0.548 e. The average molecular weight is 272 g/mol. The van der Waals surface area contributed by atoms with E-state index in [2.05, 4.69) is 16.0 Å². The third-order valence-electron chi connectivity index (χ3n) is 2.28. The maximum absolute atomic E-state index is 11.6. The van der Waals surface area contributed by atoms with E-state index < -0.39 is 35.9 Å². The van der Waals surface area contributed by atoms with Gasteiger partial charge in [0.05, 0.1) is 12.0 Å². The summed E-state index contributed by atoms with van der Waals surface area (Å²) in [5.74, 6) is -2.98. The Kier molecular flexibility index (Phi) is 6.53. The molecule has 0 aromatic rings. The van der Waals surface area contributed by atoms with E-state index >= 15 is 0 Å². The van der Waals surface area contributed by atoms with Gasteiger partial charge >= 0.3 is 0 Å². The molecule has 0 fully saturated rings. The van der Waals surface area contributed by atoms with Crippen molar-refractivity contribution in [2.24, 2.45) is 0 Å². The third kappa shape index (κ3) is 6.39. The first-order valence-corrected chi connectivity index (χ1v) is 5.73. The van der Waals surface area contributed by atoms with Gasteiger partial charge in [-0.3, -0.25) is 14.4 Å². The molecule has 0 aliphatic heterocycles. The molecular formula is C11H18N3O5-. The van der Waals surface area contributed by atoms with Gasteiger partial charge in [0.2, 0.25) is 17.7 Å². The van der Waals surface area contributed by atoms with Crippen molar-refractivity contribution in [1.82, 2.24) is 16.0 Å². The Morgan fingerprint density at radius 2 is 1.16 bits per heavy atom. The third-order valence-corrected chi connectivity index (χ3v) is 2.28. The van der Waals surface area contributed by atoms with Gasteiger partial charge in [-0.05, 0) is 20.8 Å². The lowest BCUT2D eigenvalue weighted by Gasteiger charge is -2.20. The molecule has 0 spiro atoms. The Morgan fingerprint density at radius 1 is 0.789 bits per heavy atom. The standard InChI is InChI=1S/C11H19N3O5/c1-5(12-8(4)15)9(16)13-6(2)10(17)14-7(3)11(18)19/h5-7H,1-4H3,(H,12,15)(H,13,16)(H,14,17)(H,18,19)/p-1/t5-,6-,7-/m0/s1. The van der Waals surface area contributed by atoms with E-state index in [4.69, 9.17) is 0 Å². The number of nitrogens with one attached hydrogen (secondary N) is 3. The van der Waals surface area contributed by atoms with Gasteiger partial charge in [-0.2, -0.15) is 0 Å². The Bertz CT molecular complexity index is 383. The second-order valence-electron chi connectivity index (χ2n) is 4.20. The van der Waals surface area contributed by atoms with Crippen LogP contribution in [0.2, 0.25) is 0 Å². The van der Waals surface area contributed by atoms with Crippen LogP contribution in [0.1, 0.15) is 27.7 Å². The van der Waals surface area contributed by atoms with Crippen LogP contribution in [0.3, 0.4) is 0 Å². The Labute approximate surface area is 110 Å². The van der Waals surface area contributed by atoms with Crippen LogP contribution < -0.4 is 21.1 Å². The predicted molar refractivity (Wildman–Crippen MR) is 63.5 cm³/mol. The zero-order valence-electron chi connectivity index (χ0n) is 11.3. The fourth-order valence-corrected chi connectivity index (χ4v) is 1.17. The first-order chi connectivity index (χ1) is 8.65. The number of carboxylic acids is 1. The molecule has 0 heterocycles. The van der Waals surface area contributed by atoms with Gasteiger partial charge in [-0.1, -0.05) is 0 Å². The van der Waals surface area contributed by atoms with E-state index in [1.165, 1.54) is 27.7 Å². The summed E-state index contributed by atoms with van der Waals surface area (Å²) in [7, 11) is 0. The van der Waals surface area contributed by atoms with E-state index in [1.807, 2.05) is 0 Å². The Balaban J connectivity index is 4.32. The number of carbonyl (C=O) groups is 4. The molecule has 0 radical (unpaired) electrons. The Hall–Kier alpha value is -2.12. The van der Waals surface area contributed by atoms with E-state index in [0.717, 1.165) is 0 Å². The fourth-order valence-electron chi connectivity index (χ4n) is 1.17. The zero-order valence-corrected chi connectivity index (χ0v) is 11.3. The number of rotatable bonds is 6. The summed E-state index contributed by atoms with van der Waals surface area (Å²) < 4.78 is 0. The number of hydrogen-bond acceptors (Lipinski definition) is 5. The molecule has 0 aliphatic rings. The molecule has 0 saturated heterocycles. The molecule has 0 bridgehead atoms. The highest BCUT2D eigenvalue weighted by Crippen LogP contribution is 1.89. The summed E-state index contributed by atoms with van der Waals surface area (Å²) in [5, 5.41) is 17.3. The number of carbonyl (C=O) groups excluding carboxylic acids is 4. The van der Waals surface area contributed by atoms with Crippen molar-refractivity contribution in [3.05, 3.63) is 0 Å². The van der Waals surface area contributed by atoms with Gasteiger partial charge < -0.3 is 25.9 Å². The van der Waals surface area contributed by atoms with Crippen LogP contribution in [0.4, 0.5) is 0 Å². The number of amides is 3. The maximum atomic E-state index is 11.6. The van der Waals surface area contributed by atoms with Crippen molar-refractivity contribution in [1.29, 1.82) is 0 Å². The van der Waals surface area contributed by atoms with Crippen LogP contribution in [-0.2, 0) is 19.2 Å². The van der Waals surface area contributed by atoms with Crippen LogP contribution in [0, 0.1) is 0 Å². The van der Waals surface area contributed by atoms with Crippen LogP contribution in [0.15, 0.2) is 0 Å². The molecule has 0 aromatic carbocycles. The van der Waals surface area contributed by atoms with Crippen LogP contribution in [0.25, 0.3) is 0 Å². The minimum atomic E-state index is -1.42. The zero-order chi connectivity index (χ0) is 15.2. The molecule has 0 aliphatic carbocycles. The topological polar surface area (TPSA) is 127 Å². The highest BCUT2D eigenvalue weighted by Gasteiger charge is 2.21. The summed E-state index contributed by atoms with van der Waals surface area (Å²) in [6, 6.07) is -2.86. The minimum absolute atomic E-state index is 0.370. The predicted octanol–water partition coefficient (Wildman–Crippen LogP) is -2.73. The summed E-state index contributed by atoms with van der Waals surface area (Å²) in [6.07, 6.45) is 0. The van der Waals surface area contributed by atoms with Crippen molar-refractivity contribution in [2.45, 2.75) is 45.8 Å². The largest absolute Gasteiger partial charge is 0.548 e. The lowest BCUT2D eigenvalue weighted by Crippen LogP contribution is -2.54. The monoisotopic (exact) mass is 272 g/mol. The number of hydrogen-bond donors (Lipinski definition) is 3. The van der Waals surface area contributed by atoms with E-state index in [-0.39, 0.29) is 5.91 Å². The van der Waals surface area contributed by atoms with Crippen molar-refractivity contribution < 1.29 is 24.3 Å². The van der Waals surface area contributed by atoms with Gasteiger partial charge in [0.1, 0.15) is 12.1 Å². The summed E-state index contributed by atoms with van der Waals surface area (Å²) in [5.41, 5.74) is 0. The molecule has 3 atom stereocenters. The number of carboxylic acid groups (broad SMARTS) is 1. The lowest BCUT2D eigenvalue weighted by molar-refractivity contribution is -0.307. The normalized spacial score (nSPS) is 14.7. The van der Waals surface area contributed by atoms with Gasteiger partial charge in [-0.15, -0.1) is 0 Å². The molecule has 19 heavy (non-hydrogen) atoms. The fraction of sp³-hybridized carbons (Fsp3) is 0.636. The highest BCUT2D eigenvalue weighted by atomic mass is 16.4. The summed E-state index contributed by atoms with van der Waals surface area (Å²) in [4.78, 5) is 44.3. The summed E-state index contributed by atoms with van der Waals surface area (Å²) >= 11 is 0. The molecule has 0 rings (SSSR count). The molecule has 3 amide bonds. The second kappa shape index (κ2) is 7.34. The molecular weight excluding hydrogens is 254 g/mol. The van der Waals surface area contributed by atoms with Gasteiger partial charge in [0, 0.05) is 6.92 Å². The van der Waals surface area contributed by atoms with Crippen LogP contribution in [-0.4, -0.2) is 41.8 Å². The summed E-state index contributed by atoms with van der Waals surface area (Å²) in [6.45, 7) is 5.38. The smallest absolute Gasteiger partial charge is 0.242 e. The van der Waals surface area contributed by atoms with E-state index in [1.54, 1.807) is 0 Å². The van der Waals surface area contributed by atoms with Crippen molar-refractivity contribution in [3.8, 4) is 0 Å². The molecule has 3 N–H and O–H groups in total. The van der Waals surface area contributed by atoms with Crippen LogP contribution in [0.5, 0.6) is 0 Å². The first kappa shape index (κ1) is 16.9. The van der Waals surface area contributed by atoms with Crippen molar-refractivity contribution >= 4 is 23.7 Å². The van der Waals surface area contributed by atoms with Gasteiger partial charge in [0.15, 0.2) is 0 Å². The SMILES string of the molecule is CC(=O)N[C@@H](C)C(=O)N[C@@H](C)C(=O)N[C@@H](C)C(=O)[O-]. The average Bonchev–Trinajstić information content (AvgIpc) is 2.27. The molecule has 0 saturated carbocycles. The number of aliphatic carboxylic acids is 1. The van der Waals surface area contributed by atoms with Crippen molar-refractivity contribution in [2.75, 3.05) is 0 Å². The van der Waals surface area contributed by atoms with Gasteiger partial charge in [0.25, 0.3) is 0 Å². The quantitative estimate of drug-likeness (QED) is 0.483. The first-order valence-electron chi connectivity index (χ1n) is 5.73. The van der Waals surface area contributed by atoms with Gasteiger partial charge in [-0.25, -0.2) is 0 Å². The second-order valence-corrected chi connectivity index (χ2v) is 4.20. The van der Waals surface area contributed by atoms with E-state index in [9.17, 15) is 24.3 Å². The van der Waals surface area contributed by atoms with Crippen LogP contribution >= 0.6 is 0 Å². The lowest BCUT2D eigenvalue weighted by atomic mass is 10.2. The molecule has 8 nitrogen and oxygen atoms in total. The molecule has 8 heteroatoms. The highest BCUT2D eigenvalue weighted by molar-refractivity contribution is 5.92. The molecule has 0 aromatic heterocycles. The molecule has 0 unspecified atom stereocenters. The van der Waals surface area contributed by atoms with E-state index in [0.29, 0.717) is 0 Å².